The van der Waals surface area contributed by atoms with Crippen LogP contribution in [0.3, 0.4) is 0 Å². The predicted molar refractivity (Wildman–Crippen MR) is 86.4 cm³/mol. The molecule has 0 amide bonds. The van der Waals surface area contributed by atoms with Gasteiger partial charge in [0.15, 0.2) is 0 Å². The molecular weight excluding hydrogens is 264 g/mol. The van der Waals surface area contributed by atoms with Crippen LogP contribution in [0.1, 0.15) is 43.0 Å². The Morgan fingerprint density at radius 1 is 1.14 bits per heavy atom. The molecule has 0 N–H and O–H groups in total. The van der Waals surface area contributed by atoms with E-state index in [2.05, 4.69) is 20.8 Å². The normalized spacial score (nSPS) is 12.0. The number of fused-ring (bicyclic) bond motifs is 1. The Bertz CT molecular complexity index is 746. The number of ether oxygens (including phenoxy) is 1. The zero-order valence-corrected chi connectivity index (χ0v) is 14.0. The van der Waals surface area contributed by atoms with Crippen LogP contribution in [0.2, 0.25) is 0 Å². The lowest BCUT2D eigenvalue weighted by atomic mass is 9.86. The van der Waals surface area contributed by atoms with Gasteiger partial charge in [0.25, 0.3) is 0 Å². The van der Waals surface area contributed by atoms with Crippen molar-refractivity contribution in [2.45, 2.75) is 48.0 Å². The minimum atomic E-state index is -0.232. The lowest BCUT2D eigenvalue weighted by Gasteiger charge is -2.20. The van der Waals surface area contributed by atoms with Gasteiger partial charge in [-0.1, -0.05) is 20.8 Å². The van der Waals surface area contributed by atoms with Crippen molar-refractivity contribution in [2.24, 2.45) is 5.41 Å². The number of benzene rings is 1. The lowest BCUT2D eigenvalue weighted by molar-refractivity contribution is 0.398. The van der Waals surface area contributed by atoms with Crippen molar-refractivity contribution in [3.8, 4) is 5.75 Å². The van der Waals surface area contributed by atoms with Gasteiger partial charge in [-0.25, -0.2) is 4.79 Å². The first-order chi connectivity index (χ1) is 9.65. The fourth-order valence-electron chi connectivity index (χ4n) is 2.88. The Labute approximate surface area is 125 Å². The van der Waals surface area contributed by atoms with Crippen LogP contribution in [-0.4, -0.2) is 7.11 Å². The summed E-state index contributed by atoms with van der Waals surface area (Å²) in [7, 11) is 1.64. The van der Waals surface area contributed by atoms with E-state index in [9.17, 15) is 4.79 Å². The summed E-state index contributed by atoms with van der Waals surface area (Å²) in [6.45, 7) is 12.3. The highest BCUT2D eigenvalue weighted by atomic mass is 16.5. The number of hydrogen-bond donors (Lipinski definition) is 0. The van der Waals surface area contributed by atoms with Crippen LogP contribution in [0.25, 0.3) is 11.0 Å². The first-order valence-electron chi connectivity index (χ1n) is 7.26. The molecule has 0 fully saturated rings. The first kappa shape index (κ1) is 15.6. The highest BCUT2D eigenvalue weighted by molar-refractivity contribution is 5.86. The Kier molecular flexibility index (Phi) is 3.87. The van der Waals surface area contributed by atoms with Crippen molar-refractivity contribution in [1.82, 2.24) is 0 Å². The average Bonchev–Trinajstić information content (AvgIpc) is 2.36. The second-order valence-corrected chi connectivity index (χ2v) is 6.96. The van der Waals surface area contributed by atoms with Gasteiger partial charge in [0.1, 0.15) is 11.3 Å². The van der Waals surface area contributed by atoms with Crippen LogP contribution in [0.15, 0.2) is 15.3 Å². The molecule has 2 aromatic rings. The van der Waals surface area contributed by atoms with E-state index in [0.29, 0.717) is 12.0 Å². The van der Waals surface area contributed by atoms with Crippen LogP contribution in [0.5, 0.6) is 5.75 Å². The fourth-order valence-corrected chi connectivity index (χ4v) is 2.88. The van der Waals surface area contributed by atoms with Crippen molar-refractivity contribution < 1.29 is 9.15 Å². The number of aryl methyl sites for hydroxylation is 3. The molecule has 0 bridgehead atoms. The molecule has 0 radical (unpaired) electrons. The van der Waals surface area contributed by atoms with Gasteiger partial charge >= 0.3 is 5.63 Å². The topological polar surface area (TPSA) is 39.4 Å². The van der Waals surface area contributed by atoms with Gasteiger partial charge in [0.05, 0.1) is 7.11 Å². The largest absolute Gasteiger partial charge is 0.496 e. The molecule has 0 atom stereocenters. The van der Waals surface area contributed by atoms with Gasteiger partial charge in [0, 0.05) is 16.5 Å². The van der Waals surface area contributed by atoms with Crippen LogP contribution < -0.4 is 10.4 Å². The van der Waals surface area contributed by atoms with Gasteiger partial charge in [-0.15, -0.1) is 0 Å². The minimum absolute atomic E-state index is 0.0453. The van der Waals surface area contributed by atoms with Crippen LogP contribution >= 0.6 is 0 Å². The van der Waals surface area contributed by atoms with E-state index in [4.69, 9.17) is 9.15 Å². The van der Waals surface area contributed by atoms with Crippen LogP contribution in [-0.2, 0) is 6.42 Å². The molecule has 114 valence electrons. The molecule has 1 aromatic heterocycles. The quantitative estimate of drug-likeness (QED) is 0.773. The third-order valence-corrected chi connectivity index (χ3v) is 3.85. The van der Waals surface area contributed by atoms with Crippen LogP contribution in [0.4, 0.5) is 0 Å². The second-order valence-electron chi connectivity index (χ2n) is 6.96. The molecule has 0 saturated carbocycles. The maximum absolute atomic E-state index is 12.4. The van der Waals surface area contributed by atoms with Crippen molar-refractivity contribution in [3.63, 3.8) is 0 Å². The third kappa shape index (κ3) is 2.82. The summed E-state index contributed by atoms with van der Waals surface area (Å²) in [4.78, 5) is 12.4. The molecule has 0 unspecified atom stereocenters. The third-order valence-electron chi connectivity index (χ3n) is 3.85. The van der Waals surface area contributed by atoms with E-state index in [1.807, 2.05) is 26.8 Å². The van der Waals surface area contributed by atoms with Gasteiger partial charge in [-0.2, -0.15) is 0 Å². The van der Waals surface area contributed by atoms with Crippen LogP contribution in [0, 0.1) is 26.2 Å². The molecule has 0 aliphatic heterocycles. The van der Waals surface area contributed by atoms with E-state index < -0.39 is 0 Å². The summed E-state index contributed by atoms with van der Waals surface area (Å²) in [5.41, 5.74) is 4.19. The number of rotatable bonds is 2. The van der Waals surface area contributed by atoms with E-state index in [-0.39, 0.29) is 11.0 Å². The molecule has 3 heteroatoms. The van der Waals surface area contributed by atoms with Crippen molar-refractivity contribution >= 4 is 11.0 Å². The summed E-state index contributed by atoms with van der Waals surface area (Å²) in [5.74, 6) is 0.786. The van der Waals surface area contributed by atoms with Crippen molar-refractivity contribution in [2.75, 3.05) is 7.11 Å². The molecule has 2 rings (SSSR count). The van der Waals surface area contributed by atoms with Gasteiger partial charge in [-0.3, -0.25) is 0 Å². The molecule has 0 aliphatic carbocycles. The molecule has 1 heterocycles. The van der Waals surface area contributed by atoms with E-state index in [1.54, 1.807) is 7.11 Å². The summed E-state index contributed by atoms with van der Waals surface area (Å²) < 4.78 is 11.0. The lowest BCUT2D eigenvalue weighted by Crippen LogP contribution is -2.19. The summed E-state index contributed by atoms with van der Waals surface area (Å²) >= 11 is 0. The highest BCUT2D eigenvalue weighted by Crippen LogP contribution is 2.33. The summed E-state index contributed by atoms with van der Waals surface area (Å²) in [5, 5.41) is 1.00. The van der Waals surface area contributed by atoms with Gasteiger partial charge < -0.3 is 9.15 Å². The van der Waals surface area contributed by atoms with Gasteiger partial charge in [0.2, 0.25) is 0 Å². The average molecular weight is 288 g/mol. The second kappa shape index (κ2) is 5.21. The molecule has 0 saturated heterocycles. The SMILES string of the molecule is COc1c(C)cc2c(C)c(CC(C)(C)C)c(=O)oc2c1C. The Hall–Kier alpha value is -1.77. The zero-order chi connectivity index (χ0) is 15.9. The van der Waals surface area contributed by atoms with Crippen molar-refractivity contribution in [3.05, 3.63) is 38.7 Å². The molecule has 0 spiro atoms. The molecule has 0 aliphatic rings. The Morgan fingerprint density at radius 2 is 1.76 bits per heavy atom. The smallest absolute Gasteiger partial charge is 0.339 e. The first-order valence-corrected chi connectivity index (χ1v) is 7.26. The predicted octanol–water partition coefficient (Wildman–Crippen LogP) is 4.32. The molecular formula is C18H24O3. The van der Waals surface area contributed by atoms with Crippen molar-refractivity contribution in [1.29, 1.82) is 0 Å². The summed E-state index contributed by atoms with van der Waals surface area (Å²) in [6, 6.07) is 2.05. The maximum Gasteiger partial charge on any atom is 0.339 e. The number of methoxy groups -OCH3 is 1. The zero-order valence-electron chi connectivity index (χ0n) is 14.0. The van der Waals surface area contributed by atoms with E-state index in [0.717, 1.165) is 33.4 Å². The van der Waals surface area contributed by atoms with E-state index >= 15 is 0 Å². The highest BCUT2D eigenvalue weighted by Gasteiger charge is 2.20. The summed E-state index contributed by atoms with van der Waals surface area (Å²) in [6.07, 6.45) is 0.710. The Balaban J connectivity index is 2.82. The monoisotopic (exact) mass is 288 g/mol. The van der Waals surface area contributed by atoms with Gasteiger partial charge in [-0.05, 0) is 49.8 Å². The standard InChI is InChI=1S/C18H24O3/c1-10-8-13-11(2)14(9-18(4,5)6)17(19)21-16(13)12(3)15(10)20-7/h8H,9H2,1-7H3. The fraction of sp³-hybridized carbons (Fsp3) is 0.500. The molecule has 21 heavy (non-hydrogen) atoms. The Morgan fingerprint density at radius 3 is 2.29 bits per heavy atom. The molecule has 3 nitrogen and oxygen atoms in total. The molecule has 1 aromatic carbocycles. The van der Waals surface area contributed by atoms with E-state index in [1.165, 1.54) is 0 Å². The number of hydrogen-bond acceptors (Lipinski definition) is 3. The minimum Gasteiger partial charge on any atom is -0.496 e. The maximum atomic E-state index is 12.4.